The van der Waals surface area contributed by atoms with E-state index in [1.807, 2.05) is 0 Å². The van der Waals surface area contributed by atoms with Crippen LogP contribution < -0.4 is 0 Å². The quantitative estimate of drug-likeness (QED) is 0.567. The molecule has 0 radical (unpaired) electrons. The van der Waals surface area contributed by atoms with Crippen molar-refractivity contribution in [2.75, 3.05) is 0 Å². The summed E-state index contributed by atoms with van der Waals surface area (Å²) in [5.41, 5.74) is 0.653. The Morgan fingerprint density at radius 2 is 1.91 bits per heavy atom. The van der Waals surface area contributed by atoms with E-state index < -0.39 is 0 Å². The van der Waals surface area contributed by atoms with Crippen LogP contribution in [0.4, 0.5) is 0 Å². The van der Waals surface area contributed by atoms with Crippen molar-refractivity contribution in [3.8, 4) is 0 Å². The molecule has 0 amide bonds. The Bertz CT molecular complexity index is 185. The Morgan fingerprint density at radius 3 is 2.09 bits per heavy atom. The van der Waals surface area contributed by atoms with E-state index in [1.54, 1.807) is 0 Å². The van der Waals surface area contributed by atoms with Crippen LogP contribution in [-0.2, 0) is 0 Å². The fourth-order valence-corrected chi connectivity index (χ4v) is 3.46. The largest absolute Gasteiger partial charge is 0.392 e. The maximum Gasteiger partial charge on any atom is 0.0627 e. The van der Waals surface area contributed by atoms with E-state index in [2.05, 4.69) is 20.8 Å². The number of hydrogen-bond donors (Lipinski definition) is 1. The van der Waals surface area contributed by atoms with Crippen LogP contribution in [0.15, 0.2) is 0 Å². The summed E-state index contributed by atoms with van der Waals surface area (Å²) in [7, 11) is 0. The predicted octanol–water partition coefficient (Wildman–Crippen LogP) is 2.19. The fraction of sp³-hybridized carbons (Fsp3) is 1.00. The molecule has 2 fully saturated rings. The molecular formula is C10H18O. The van der Waals surface area contributed by atoms with E-state index in [9.17, 15) is 5.11 Å². The lowest BCUT2D eigenvalue weighted by Gasteiger charge is -2.31. The van der Waals surface area contributed by atoms with Crippen LogP contribution in [0.25, 0.3) is 0 Å². The van der Waals surface area contributed by atoms with Crippen molar-refractivity contribution in [3.63, 3.8) is 0 Å². The molecule has 2 saturated carbocycles. The van der Waals surface area contributed by atoms with Gasteiger partial charge in [0, 0.05) is 0 Å². The monoisotopic (exact) mass is 154 g/mol. The van der Waals surface area contributed by atoms with Crippen molar-refractivity contribution in [3.05, 3.63) is 0 Å². The molecular weight excluding hydrogens is 136 g/mol. The maximum atomic E-state index is 9.92. The summed E-state index contributed by atoms with van der Waals surface area (Å²) in [5, 5.41) is 9.92. The second kappa shape index (κ2) is 1.82. The summed E-state index contributed by atoms with van der Waals surface area (Å²) in [5.74, 6) is 0.576. The zero-order chi connectivity index (χ0) is 8.28. The Hall–Kier alpha value is -0.0400. The molecule has 0 aromatic heterocycles. The van der Waals surface area contributed by atoms with Crippen molar-refractivity contribution in [2.24, 2.45) is 16.7 Å². The van der Waals surface area contributed by atoms with Gasteiger partial charge >= 0.3 is 0 Å². The lowest BCUT2D eigenvalue weighted by Crippen LogP contribution is -2.22. The van der Waals surface area contributed by atoms with Gasteiger partial charge in [0.1, 0.15) is 0 Å². The highest BCUT2D eigenvalue weighted by molar-refractivity contribution is 5.08. The molecule has 0 aromatic carbocycles. The lowest BCUT2D eigenvalue weighted by atomic mass is 9.73. The fourth-order valence-electron chi connectivity index (χ4n) is 3.46. The van der Waals surface area contributed by atoms with Gasteiger partial charge in [0.2, 0.25) is 0 Å². The first-order chi connectivity index (χ1) is 4.96. The summed E-state index contributed by atoms with van der Waals surface area (Å²) in [4.78, 5) is 0. The summed E-state index contributed by atoms with van der Waals surface area (Å²) in [6, 6.07) is 0. The van der Waals surface area contributed by atoms with Gasteiger partial charge in [0.05, 0.1) is 6.10 Å². The summed E-state index contributed by atoms with van der Waals surface area (Å²) >= 11 is 0. The molecule has 64 valence electrons. The van der Waals surface area contributed by atoms with E-state index >= 15 is 0 Å². The van der Waals surface area contributed by atoms with Gasteiger partial charge in [-0.3, -0.25) is 0 Å². The second-order valence-corrected chi connectivity index (χ2v) is 5.41. The highest BCUT2D eigenvalue weighted by atomic mass is 16.3. The van der Waals surface area contributed by atoms with Crippen molar-refractivity contribution in [1.29, 1.82) is 0 Å². The van der Waals surface area contributed by atoms with Crippen LogP contribution in [0.3, 0.4) is 0 Å². The van der Waals surface area contributed by atoms with Gasteiger partial charge in [0.15, 0.2) is 0 Å². The predicted molar refractivity (Wildman–Crippen MR) is 45.2 cm³/mol. The van der Waals surface area contributed by atoms with Gasteiger partial charge in [-0.1, -0.05) is 20.8 Å². The maximum absolute atomic E-state index is 9.92. The smallest absolute Gasteiger partial charge is 0.0627 e. The molecule has 0 unspecified atom stereocenters. The SMILES string of the molecule is CC1(C)C[C@]2(C)CC[C@H]1[C@H]2O. The minimum absolute atomic E-state index is 0.0162. The molecule has 0 aliphatic heterocycles. The van der Waals surface area contributed by atoms with Crippen LogP contribution in [0.1, 0.15) is 40.0 Å². The van der Waals surface area contributed by atoms with Crippen molar-refractivity contribution >= 4 is 0 Å². The molecule has 2 aliphatic carbocycles. The molecule has 2 rings (SSSR count). The zero-order valence-corrected chi connectivity index (χ0v) is 7.72. The zero-order valence-electron chi connectivity index (χ0n) is 7.72. The Labute approximate surface area is 68.8 Å². The van der Waals surface area contributed by atoms with Crippen LogP contribution in [0.2, 0.25) is 0 Å². The van der Waals surface area contributed by atoms with Gasteiger partial charge in [-0.05, 0) is 36.0 Å². The minimum Gasteiger partial charge on any atom is -0.392 e. The third-order valence-electron chi connectivity index (χ3n) is 3.98. The van der Waals surface area contributed by atoms with E-state index in [0.29, 0.717) is 11.3 Å². The van der Waals surface area contributed by atoms with Crippen LogP contribution in [-0.4, -0.2) is 11.2 Å². The molecule has 1 heteroatoms. The van der Waals surface area contributed by atoms with Crippen molar-refractivity contribution < 1.29 is 5.11 Å². The molecule has 2 bridgehead atoms. The number of hydrogen-bond acceptors (Lipinski definition) is 1. The van der Waals surface area contributed by atoms with Crippen molar-refractivity contribution in [2.45, 2.75) is 46.1 Å². The normalized spacial score (nSPS) is 53.5. The second-order valence-electron chi connectivity index (χ2n) is 5.41. The number of rotatable bonds is 0. The van der Waals surface area contributed by atoms with E-state index in [1.165, 1.54) is 19.3 Å². The average Bonchev–Trinajstić information content (AvgIpc) is 2.15. The van der Waals surface area contributed by atoms with E-state index in [0.717, 1.165) is 0 Å². The van der Waals surface area contributed by atoms with E-state index in [-0.39, 0.29) is 11.5 Å². The molecule has 0 aromatic rings. The number of aliphatic hydroxyl groups excluding tert-OH is 1. The molecule has 3 atom stereocenters. The topological polar surface area (TPSA) is 20.2 Å². The number of aliphatic hydroxyl groups is 1. The Morgan fingerprint density at radius 1 is 1.27 bits per heavy atom. The molecule has 0 heterocycles. The van der Waals surface area contributed by atoms with Gasteiger partial charge in [-0.25, -0.2) is 0 Å². The third kappa shape index (κ3) is 0.807. The molecule has 1 N–H and O–H groups in total. The first kappa shape index (κ1) is 7.60. The molecule has 1 nitrogen and oxygen atoms in total. The van der Waals surface area contributed by atoms with Gasteiger partial charge in [-0.2, -0.15) is 0 Å². The molecule has 0 spiro atoms. The van der Waals surface area contributed by atoms with Gasteiger partial charge in [0.25, 0.3) is 0 Å². The third-order valence-corrected chi connectivity index (χ3v) is 3.98. The van der Waals surface area contributed by atoms with E-state index in [4.69, 9.17) is 0 Å². The Kier molecular flexibility index (Phi) is 1.26. The standard InChI is InChI=1S/C10H18O/c1-9(2)6-10(3)5-4-7(9)8(10)11/h7-8,11H,4-6H2,1-3H3/t7-,8+,10-/m0/s1. The van der Waals surface area contributed by atoms with Crippen LogP contribution >= 0.6 is 0 Å². The number of fused-ring (bicyclic) bond motifs is 2. The van der Waals surface area contributed by atoms with Gasteiger partial charge in [-0.15, -0.1) is 0 Å². The Balaban J connectivity index is 2.33. The molecule has 0 saturated heterocycles. The highest BCUT2D eigenvalue weighted by Crippen LogP contribution is 2.62. The van der Waals surface area contributed by atoms with Crippen molar-refractivity contribution in [1.82, 2.24) is 0 Å². The average molecular weight is 154 g/mol. The first-order valence-corrected chi connectivity index (χ1v) is 4.64. The minimum atomic E-state index is -0.0162. The first-order valence-electron chi connectivity index (χ1n) is 4.64. The van der Waals surface area contributed by atoms with Gasteiger partial charge < -0.3 is 5.11 Å². The van der Waals surface area contributed by atoms with Crippen LogP contribution in [0.5, 0.6) is 0 Å². The molecule has 2 aliphatic rings. The molecule has 11 heavy (non-hydrogen) atoms. The summed E-state index contributed by atoms with van der Waals surface area (Å²) in [6.07, 6.45) is 3.68. The summed E-state index contributed by atoms with van der Waals surface area (Å²) < 4.78 is 0. The van der Waals surface area contributed by atoms with Crippen LogP contribution in [0, 0.1) is 16.7 Å². The highest BCUT2D eigenvalue weighted by Gasteiger charge is 2.58. The lowest BCUT2D eigenvalue weighted by molar-refractivity contribution is 0.0716. The summed E-state index contributed by atoms with van der Waals surface area (Å²) in [6.45, 7) is 6.84.